The third-order valence-corrected chi connectivity index (χ3v) is 1.53. The summed E-state index contributed by atoms with van der Waals surface area (Å²) in [4.78, 5) is 9.94. The number of aromatic nitrogens is 2. The standard InChI is InChI=1S/C5H6N2O2S/c8-2-5(9)1-4-3-10-7-6-4/h2-3,5,9H,1H2. The van der Waals surface area contributed by atoms with Crippen molar-refractivity contribution in [3.05, 3.63) is 11.1 Å². The van der Waals surface area contributed by atoms with Gasteiger partial charge in [0.05, 0.1) is 5.69 Å². The molecule has 0 bridgehead atoms. The molecule has 1 rings (SSSR count). The summed E-state index contributed by atoms with van der Waals surface area (Å²) in [5, 5.41) is 14.2. The molecule has 0 aromatic carbocycles. The van der Waals surface area contributed by atoms with E-state index in [1.54, 1.807) is 5.38 Å². The monoisotopic (exact) mass is 158 g/mol. The van der Waals surface area contributed by atoms with Crippen molar-refractivity contribution in [3.63, 3.8) is 0 Å². The molecular formula is C5H6N2O2S. The second-order valence-electron chi connectivity index (χ2n) is 1.80. The molecule has 4 nitrogen and oxygen atoms in total. The van der Waals surface area contributed by atoms with Crippen LogP contribution in [0.15, 0.2) is 5.38 Å². The molecular weight excluding hydrogens is 152 g/mol. The van der Waals surface area contributed by atoms with Crippen LogP contribution in [0.1, 0.15) is 5.69 Å². The number of carbonyl (C=O) groups is 1. The van der Waals surface area contributed by atoms with E-state index in [0.717, 1.165) is 0 Å². The maximum absolute atomic E-state index is 9.94. The van der Waals surface area contributed by atoms with Crippen molar-refractivity contribution in [2.75, 3.05) is 0 Å². The molecule has 1 atom stereocenters. The average molecular weight is 158 g/mol. The van der Waals surface area contributed by atoms with Crippen LogP contribution in [0.5, 0.6) is 0 Å². The van der Waals surface area contributed by atoms with E-state index in [1.165, 1.54) is 11.5 Å². The van der Waals surface area contributed by atoms with Gasteiger partial charge in [-0.15, -0.1) is 5.10 Å². The molecule has 0 fully saturated rings. The molecule has 1 unspecified atom stereocenters. The second kappa shape index (κ2) is 3.38. The number of hydrogen-bond donors (Lipinski definition) is 1. The lowest BCUT2D eigenvalue weighted by atomic mass is 10.2. The lowest BCUT2D eigenvalue weighted by molar-refractivity contribution is -0.114. The molecule has 10 heavy (non-hydrogen) atoms. The van der Waals surface area contributed by atoms with Gasteiger partial charge in [-0.2, -0.15) is 0 Å². The van der Waals surface area contributed by atoms with Gasteiger partial charge in [-0.1, -0.05) is 4.49 Å². The van der Waals surface area contributed by atoms with Crippen LogP contribution in [0.2, 0.25) is 0 Å². The summed E-state index contributed by atoms with van der Waals surface area (Å²) in [6.45, 7) is 0. The van der Waals surface area contributed by atoms with Gasteiger partial charge < -0.3 is 9.90 Å². The van der Waals surface area contributed by atoms with E-state index in [1.807, 2.05) is 0 Å². The minimum Gasteiger partial charge on any atom is -0.385 e. The normalized spacial score (nSPS) is 12.9. The van der Waals surface area contributed by atoms with Crippen molar-refractivity contribution < 1.29 is 9.90 Å². The fraction of sp³-hybridized carbons (Fsp3) is 0.400. The molecule has 1 aromatic rings. The number of hydrogen-bond acceptors (Lipinski definition) is 5. The highest BCUT2D eigenvalue weighted by molar-refractivity contribution is 7.03. The Kier molecular flexibility index (Phi) is 2.47. The molecule has 1 heterocycles. The van der Waals surface area contributed by atoms with Gasteiger partial charge in [0, 0.05) is 11.8 Å². The Balaban J connectivity index is 2.47. The number of aldehydes is 1. The van der Waals surface area contributed by atoms with Gasteiger partial charge in [0.25, 0.3) is 0 Å². The first-order valence-corrected chi connectivity index (χ1v) is 3.56. The predicted octanol–water partition coefficient (Wildman–Crippen LogP) is -0.360. The predicted molar refractivity (Wildman–Crippen MR) is 35.7 cm³/mol. The van der Waals surface area contributed by atoms with E-state index in [0.29, 0.717) is 12.0 Å². The molecule has 0 spiro atoms. The molecule has 1 aromatic heterocycles. The van der Waals surface area contributed by atoms with Crippen molar-refractivity contribution >= 4 is 17.8 Å². The maximum atomic E-state index is 9.94. The zero-order chi connectivity index (χ0) is 7.40. The van der Waals surface area contributed by atoms with Gasteiger partial charge in [-0.25, -0.2) is 0 Å². The highest BCUT2D eigenvalue weighted by Gasteiger charge is 2.04. The Bertz CT molecular complexity index is 199. The zero-order valence-electron chi connectivity index (χ0n) is 5.10. The summed E-state index contributed by atoms with van der Waals surface area (Å²) in [7, 11) is 0. The molecule has 0 saturated carbocycles. The first kappa shape index (κ1) is 7.30. The second-order valence-corrected chi connectivity index (χ2v) is 2.41. The third kappa shape index (κ3) is 1.85. The van der Waals surface area contributed by atoms with Gasteiger partial charge in [0.2, 0.25) is 0 Å². The highest BCUT2D eigenvalue weighted by atomic mass is 32.1. The molecule has 0 saturated heterocycles. The topological polar surface area (TPSA) is 63.1 Å². The molecule has 54 valence electrons. The Morgan fingerprint density at radius 2 is 2.70 bits per heavy atom. The van der Waals surface area contributed by atoms with Crippen molar-refractivity contribution in [2.24, 2.45) is 0 Å². The average Bonchev–Trinajstić information content (AvgIpc) is 2.40. The minimum atomic E-state index is -0.941. The summed E-state index contributed by atoms with van der Waals surface area (Å²) < 4.78 is 3.57. The summed E-state index contributed by atoms with van der Waals surface area (Å²) in [6.07, 6.45) is -0.191. The first-order chi connectivity index (χ1) is 4.83. The van der Waals surface area contributed by atoms with Crippen molar-refractivity contribution in [1.82, 2.24) is 9.59 Å². The van der Waals surface area contributed by atoms with E-state index < -0.39 is 6.10 Å². The van der Waals surface area contributed by atoms with E-state index in [9.17, 15) is 4.79 Å². The summed E-state index contributed by atoms with van der Waals surface area (Å²) in [5.41, 5.74) is 0.657. The van der Waals surface area contributed by atoms with Crippen molar-refractivity contribution in [1.29, 1.82) is 0 Å². The van der Waals surface area contributed by atoms with Crippen LogP contribution in [-0.4, -0.2) is 27.1 Å². The molecule has 0 amide bonds. The number of carbonyl (C=O) groups excluding carboxylic acids is 1. The van der Waals surface area contributed by atoms with Gasteiger partial charge in [0.1, 0.15) is 12.4 Å². The zero-order valence-corrected chi connectivity index (χ0v) is 5.91. The minimum absolute atomic E-state index is 0.264. The Morgan fingerprint density at radius 1 is 1.90 bits per heavy atom. The van der Waals surface area contributed by atoms with Gasteiger partial charge in [0.15, 0.2) is 0 Å². The van der Waals surface area contributed by atoms with Gasteiger partial charge in [-0.05, 0) is 11.5 Å². The van der Waals surface area contributed by atoms with E-state index >= 15 is 0 Å². The summed E-state index contributed by atoms with van der Waals surface area (Å²) in [6, 6.07) is 0. The highest BCUT2D eigenvalue weighted by Crippen LogP contribution is 1.99. The van der Waals surface area contributed by atoms with Gasteiger partial charge in [-0.3, -0.25) is 0 Å². The van der Waals surface area contributed by atoms with Crippen LogP contribution in [0.4, 0.5) is 0 Å². The molecule has 0 aliphatic rings. The quantitative estimate of drug-likeness (QED) is 0.610. The lowest BCUT2D eigenvalue weighted by Gasteiger charge is -1.95. The number of aliphatic hydroxyl groups excluding tert-OH is 1. The molecule has 1 N–H and O–H groups in total. The fourth-order valence-corrected chi connectivity index (χ4v) is 1.000. The van der Waals surface area contributed by atoms with Crippen molar-refractivity contribution in [2.45, 2.75) is 12.5 Å². The Morgan fingerprint density at radius 3 is 3.20 bits per heavy atom. The summed E-state index contributed by atoms with van der Waals surface area (Å²) in [5.74, 6) is 0. The van der Waals surface area contributed by atoms with E-state index in [4.69, 9.17) is 5.11 Å². The van der Waals surface area contributed by atoms with Crippen LogP contribution in [-0.2, 0) is 11.2 Å². The van der Waals surface area contributed by atoms with Crippen LogP contribution >= 0.6 is 11.5 Å². The third-order valence-electron chi connectivity index (χ3n) is 0.981. The van der Waals surface area contributed by atoms with Crippen LogP contribution in [0.3, 0.4) is 0 Å². The van der Waals surface area contributed by atoms with E-state index in [2.05, 4.69) is 9.59 Å². The largest absolute Gasteiger partial charge is 0.385 e. The summed E-state index contributed by atoms with van der Waals surface area (Å²) >= 11 is 1.20. The smallest absolute Gasteiger partial charge is 0.148 e. The number of aliphatic hydroxyl groups is 1. The van der Waals surface area contributed by atoms with Crippen LogP contribution in [0, 0.1) is 0 Å². The van der Waals surface area contributed by atoms with Crippen LogP contribution in [0.25, 0.3) is 0 Å². The van der Waals surface area contributed by atoms with E-state index in [-0.39, 0.29) is 6.42 Å². The number of nitrogens with zero attached hydrogens (tertiary/aromatic N) is 2. The fourth-order valence-electron chi connectivity index (χ4n) is 0.535. The molecule has 0 aliphatic carbocycles. The number of rotatable bonds is 3. The molecule has 0 radical (unpaired) electrons. The Labute approximate surface area is 61.7 Å². The molecule has 5 heteroatoms. The SMILES string of the molecule is O=CC(O)Cc1csnn1. The lowest BCUT2D eigenvalue weighted by Crippen LogP contribution is -2.11. The van der Waals surface area contributed by atoms with Crippen molar-refractivity contribution in [3.8, 4) is 0 Å². The maximum Gasteiger partial charge on any atom is 0.148 e. The first-order valence-electron chi connectivity index (χ1n) is 2.72. The van der Waals surface area contributed by atoms with Crippen LogP contribution < -0.4 is 0 Å². The molecule has 0 aliphatic heterocycles. The van der Waals surface area contributed by atoms with Gasteiger partial charge >= 0.3 is 0 Å². The Hall–Kier alpha value is -0.810.